The van der Waals surface area contributed by atoms with E-state index in [0.717, 1.165) is 0 Å². The number of carbonyl (C=O) groups is 3. The van der Waals surface area contributed by atoms with Gasteiger partial charge in [-0.15, -0.1) is 0 Å². The smallest absolute Gasteiger partial charge is 0.320 e. The number of rotatable bonds is 6. The van der Waals surface area contributed by atoms with Crippen LogP contribution in [0.1, 0.15) is 29.8 Å². The Labute approximate surface area is 111 Å². The van der Waals surface area contributed by atoms with Crippen LogP contribution < -0.4 is 5.73 Å². The summed E-state index contributed by atoms with van der Waals surface area (Å²) in [5.41, 5.74) is 6.44. The van der Waals surface area contributed by atoms with Gasteiger partial charge in [0.25, 0.3) is 0 Å². The van der Waals surface area contributed by atoms with Gasteiger partial charge in [-0.05, 0) is 12.0 Å². The molecule has 0 aliphatic heterocycles. The fourth-order valence-corrected chi connectivity index (χ4v) is 1.54. The van der Waals surface area contributed by atoms with Crippen LogP contribution in [0.3, 0.4) is 0 Å². The minimum Gasteiger partial charge on any atom is -0.480 e. The second-order valence-corrected chi connectivity index (χ2v) is 4.69. The molecule has 1 unspecified atom stereocenters. The topological polar surface area (TPSA) is 97.5 Å². The minimum atomic E-state index is -1.07. The van der Waals surface area contributed by atoms with E-state index >= 15 is 0 Å². The molecule has 1 aromatic carbocycles. The SMILES string of the molecule is CC(C)C(=O)C(=O)c1ccc(CC(N)C(=O)O)cc1. The molecule has 3 N–H and O–H groups in total. The Morgan fingerprint density at radius 2 is 1.68 bits per heavy atom. The van der Waals surface area contributed by atoms with Gasteiger partial charge in [-0.25, -0.2) is 0 Å². The van der Waals surface area contributed by atoms with Gasteiger partial charge in [0.1, 0.15) is 6.04 Å². The van der Waals surface area contributed by atoms with Crippen LogP contribution in [-0.4, -0.2) is 28.7 Å². The van der Waals surface area contributed by atoms with Crippen LogP contribution in [0.4, 0.5) is 0 Å². The van der Waals surface area contributed by atoms with Crippen molar-refractivity contribution < 1.29 is 19.5 Å². The highest BCUT2D eigenvalue weighted by Crippen LogP contribution is 2.10. The van der Waals surface area contributed by atoms with Crippen LogP contribution in [0.2, 0.25) is 0 Å². The Morgan fingerprint density at radius 3 is 2.11 bits per heavy atom. The van der Waals surface area contributed by atoms with Crippen molar-refractivity contribution in [1.82, 2.24) is 0 Å². The Bertz CT molecular complexity index is 491. The summed E-state index contributed by atoms with van der Waals surface area (Å²) in [6, 6.07) is 5.30. The van der Waals surface area contributed by atoms with E-state index in [1.807, 2.05) is 0 Å². The summed E-state index contributed by atoms with van der Waals surface area (Å²) >= 11 is 0. The zero-order chi connectivity index (χ0) is 14.6. The third-order valence-corrected chi connectivity index (χ3v) is 2.74. The molecule has 5 nitrogen and oxygen atoms in total. The van der Waals surface area contributed by atoms with E-state index in [9.17, 15) is 14.4 Å². The molecule has 102 valence electrons. The molecule has 5 heteroatoms. The largest absolute Gasteiger partial charge is 0.480 e. The van der Waals surface area contributed by atoms with Gasteiger partial charge in [-0.1, -0.05) is 38.1 Å². The standard InChI is InChI=1S/C14H17NO4/c1-8(2)12(16)13(17)10-5-3-9(4-6-10)7-11(15)14(18)19/h3-6,8,11H,7,15H2,1-2H3,(H,18,19). The normalized spacial score (nSPS) is 12.2. The summed E-state index contributed by atoms with van der Waals surface area (Å²) in [6.07, 6.45) is 0.182. The van der Waals surface area contributed by atoms with Crippen molar-refractivity contribution in [3.8, 4) is 0 Å². The van der Waals surface area contributed by atoms with Crippen molar-refractivity contribution in [1.29, 1.82) is 0 Å². The van der Waals surface area contributed by atoms with Crippen molar-refractivity contribution >= 4 is 17.5 Å². The van der Waals surface area contributed by atoms with Crippen molar-refractivity contribution in [2.45, 2.75) is 26.3 Å². The molecule has 19 heavy (non-hydrogen) atoms. The van der Waals surface area contributed by atoms with Crippen molar-refractivity contribution in [2.24, 2.45) is 11.7 Å². The third-order valence-electron chi connectivity index (χ3n) is 2.74. The van der Waals surface area contributed by atoms with Crippen LogP contribution in [0.5, 0.6) is 0 Å². The molecule has 1 atom stereocenters. The lowest BCUT2D eigenvalue weighted by Crippen LogP contribution is -2.32. The second-order valence-electron chi connectivity index (χ2n) is 4.69. The van der Waals surface area contributed by atoms with E-state index in [4.69, 9.17) is 10.8 Å². The zero-order valence-corrected chi connectivity index (χ0v) is 10.9. The summed E-state index contributed by atoms with van der Waals surface area (Å²) in [4.78, 5) is 33.9. The molecular weight excluding hydrogens is 246 g/mol. The summed E-state index contributed by atoms with van der Waals surface area (Å²) in [5, 5.41) is 8.70. The van der Waals surface area contributed by atoms with E-state index in [0.29, 0.717) is 11.1 Å². The summed E-state index contributed by atoms with van der Waals surface area (Å²) < 4.78 is 0. The molecule has 1 rings (SSSR count). The molecule has 0 heterocycles. The van der Waals surface area contributed by atoms with E-state index in [2.05, 4.69) is 0 Å². The number of carboxylic acid groups (broad SMARTS) is 1. The first-order chi connectivity index (χ1) is 8.82. The molecule has 0 aliphatic rings. The van der Waals surface area contributed by atoms with E-state index in [-0.39, 0.29) is 12.3 Å². The lowest BCUT2D eigenvalue weighted by atomic mass is 9.97. The monoisotopic (exact) mass is 263 g/mol. The number of hydrogen-bond donors (Lipinski definition) is 2. The average molecular weight is 263 g/mol. The van der Waals surface area contributed by atoms with Crippen LogP contribution in [-0.2, 0) is 16.0 Å². The Hall–Kier alpha value is -2.01. The number of nitrogens with two attached hydrogens (primary N) is 1. The van der Waals surface area contributed by atoms with Gasteiger partial charge in [0.2, 0.25) is 11.6 Å². The van der Waals surface area contributed by atoms with Gasteiger partial charge in [0, 0.05) is 11.5 Å². The van der Waals surface area contributed by atoms with Crippen LogP contribution in [0.25, 0.3) is 0 Å². The quantitative estimate of drug-likeness (QED) is 0.590. The second kappa shape index (κ2) is 6.24. The first-order valence-corrected chi connectivity index (χ1v) is 5.98. The maximum absolute atomic E-state index is 11.8. The lowest BCUT2D eigenvalue weighted by Gasteiger charge is -2.07. The predicted octanol–water partition coefficient (Wildman–Crippen LogP) is 1.05. The van der Waals surface area contributed by atoms with Gasteiger partial charge in [-0.3, -0.25) is 14.4 Å². The number of aliphatic carboxylic acids is 1. The maximum atomic E-state index is 11.8. The van der Waals surface area contributed by atoms with Crippen molar-refractivity contribution in [2.75, 3.05) is 0 Å². The number of hydrogen-bond acceptors (Lipinski definition) is 4. The minimum absolute atomic E-state index is 0.182. The van der Waals surface area contributed by atoms with E-state index in [1.165, 1.54) is 12.1 Å². The van der Waals surface area contributed by atoms with Gasteiger partial charge >= 0.3 is 5.97 Å². The predicted molar refractivity (Wildman–Crippen MR) is 69.9 cm³/mol. The zero-order valence-electron chi connectivity index (χ0n) is 10.9. The Kier molecular flexibility index (Phi) is 4.94. The molecule has 1 aromatic rings. The lowest BCUT2D eigenvalue weighted by molar-refractivity contribution is -0.138. The Balaban J connectivity index is 2.79. The average Bonchev–Trinajstić information content (AvgIpc) is 2.37. The first kappa shape index (κ1) is 15.0. The molecular formula is C14H17NO4. The fraction of sp³-hybridized carbons (Fsp3) is 0.357. The van der Waals surface area contributed by atoms with Gasteiger partial charge in [-0.2, -0.15) is 0 Å². The molecule has 0 saturated carbocycles. The highest BCUT2D eigenvalue weighted by atomic mass is 16.4. The van der Waals surface area contributed by atoms with Gasteiger partial charge in [0.15, 0.2) is 0 Å². The van der Waals surface area contributed by atoms with Crippen LogP contribution in [0.15, 0.2) is 24.3 Å². The summed E-state index contributed by atoms with van der Waals surface area (Å²) in [6.45, 7) is 3.33. The molecule has 0 radical (unpaired) electrons. The number of benzene rings is 1. The highest BCUT2D eigenvalue weighted by Gasteiger charge is 2.19. The summed E-state index contributed by atoms with van der Waals surface area (Å²) in [7, 11) is 0. The van der Waals surface area contributed by atoms with E-state index in [1.54, 1.807) is 26.0 Å². The van der Waals surface area contributed by atoms with E-state index < -0.39 is 23.6 Å². The number of carbonyl (C=O) groups excluding carboxylic acids is 2. The fourth-order valence-electron chi connectivity index (χ4n) is 1.54. The number of ketones is 2. The molecule has 0 aromatic heterocycles. The van der Waals surface area contributed by atoms with Crippen molar-refractivity contribution in [3.63, 3.8) is 0 Å². The van der Waals surface area contributed by atoms with Crippen LogP contribution in [0, 0.1) is 5.92 Å². The maximum Gasteiger partial charge on any atom is 0.320 e. The molecule has 0 fully saturated rings. The molecule has 0 saturated heterocycles. The first-order valence-electron chi connectivity index (χ1n) is 5.98. The van der Waals surface area contributed by atoms with Gasteiger partial charge < -0.3 is 10.8 Å². The molecule has 0 spiro atoms. The molecule has 0 amide bonds. The third kappa shape index (κ3) is 3.99. The Morgan fingerprint density at radius 1 is 1.16 bits per heavy atom. The number of Topliss-reactive ketones (excluding diaryl/α,β-unsaturated/α-hetero) is 2. The van der Waals surface area contributed by atoms with Crippen LogP contribution >= 0.6 is 0 Å². The number of carboxylic acids is 1. The van der Waals surface area contributed by atoms with Crippen molar-refractivity contribution in [3.05, 3.63) is 35.4 Å². The summed E-state index contributed by atoms with van der Waals surface area (Å²) in [5.74, 6) is -2.37. The molecule has 0 aliphatic carbocycles. The van der Waals surface area contributed by atoms with Gasteiger partial charge in [0.05, 0.1) is 0 Å². The molecule has 0 bridgehead atoms. The highest BCUT2D eigenvalue weighted by molar-refractivity contribution is 6.44.